The van der Waals surface area contributed by atoms with E-state index in [0.717, 1.165) is 5.02 Å². The first-order valence-electron chi connectivity index (χ1n) is 6.08. The number of carbonyl (C=O) groups is 1. The van der Waals surface area contributed by atoms with Gasteiger partial charge in [-0.2, -0.15) is 0 Å². The molecule has 0 atom stereocenters. The number of rotatable bonds is 6. The van der Waals surface area contributed by atoms with Crippen molar-refractivity contribution in [2.75, 3.05) is 19.7 Å². The van der Waals surface area contributed by atoms with Gasteiger partial charge in [0.2, 0.25) is 0 Å². The smallest absolute Gasteiger partial charge is 0.319 e. The van der Waals surface area contributed by atoms with Crippen LogP contribution in [-0.2, 0) is 14.9 Å². The quantitative estimate of drug-likeness (QED) is 0.807. The molecule has 1 N–H and O–H groups in total. The Labute approximate surface area is 113 Å². The summed E-state index contributed by atoms with van der Waals surface area (Å²) >= 11 is 5.87. The fraction of sp³-hybridized carbons (Fsp3) is 0.500. The Morgan fingerprint density at radius 2 is 1.94 bits per heavy atom. The third-order valence-electron chi connectivity index (χ3n) is 2.77. The summed E-state index contributed by atoms with van der Waals surface area (Å²) in [7, 11) is 0. The standard InChI is InChI=1S/C14H20ClNO2/c1-4-18-13(17)9-16-10-14(2,3)11-5-7-12(15)8-6-11/h5-8,16H,4,9-10H2,1-3H3. The number of carbonyl (C=O) groups excluding carboxylic acids is 1. The highest BCUT2D eigenvalue weighted by atomic mass is 35.5. The molecule has 0 amide bonds. The zero-order valence-corrected chi connectivity index (χ0v) is 11.9. The number of hydrogen-bond donors (Lipinski definition) is 1. The number of benzene rings is 1. The number of halogens is 1. The van der Waals surface area contributed by atoms with E-state index in [-0.39, 0.29) is 17.9 Å². The molecule has 0 aromatic heterocycles. The summed E-state index contributed by atoms with van der Waals surface area (Å²) in [5.41, 5.74) is 1.13. The van der Waals surface area contributed by atoms with Gasteiger partial charge >= 0.3 is 5.97 Å². The second-order valence-corrected chi connectivity index (χ2v) is 5.24. The van der Waals surface area contributed by atoms with Gasteiger partial charge in [0, 0.05) is 17.0 Å². The van der Waals surface area contributed by atoms with Gasteiger partial charge in [-0.05, 0) is 24.6 Å². The molecule has 18 heavy (non-hydrogen) atoms. The summed E-state index contributed by atoms with van der Waals surface area (Å²) in [5.74, 6) is -0.218. The predicted molar refractivity (Wildman–Crippen MR) is 74.0 cm³/mol. The third-order valence-corrected chi connectivity index (χ3v) is 3.02. The van der Waals surface area contributed by atoms with Gasteiger partial charge in [-0.1, -0.05) is 37.6 Å². The zero-order valence-electron chi connectivity index (χ0n) is 11.1. The van der Waals surface area contributed by atoms with E-state index in [4.69, 9.17) is 16.3 Å². The molecule has 1 aromatic rings. The maximum atomic E-state index is 11.2. The molecular weight excluding hydrogens is 250 g/mol. The molecule has 0 heterocycles. The minimum atomic E-state index is -0.218. The number of ether oxygens (including phenoxy) is 1. The van der Waals surface area contributed by atoms with Gasteiger partial charge in [0.05, 0.1) is 13.2 Å². The molecule has 4 heteroatoms. The average molecular weight is 270 g/mol. The molecular formula is C14H20ClNO2. The van der Waals surface area contributed by atoms with E-state index in [9.17, 15) is 4.79 Å². The minimum absolute atomic E-state index is 0.0584. The predicted octanol–water partition coefficient (Wildman–Crippen LogP) is 2.77. The Morgan fingerprint density at radius 3 is 2.50 bits per heavy atom. The lowest BCUT2D eigenvalue weighted by Gasteiger charge is -2.25. The van der Waals surface area contributed by atoms with Crippen LogP contribution in [0.15, 0.2) is 24.3 Å². The maximum absolute atomic E-state index is 11.2. The fourth-order valence-corrected chi connectivity index (χ4v) is 1.82. The topological polar surface area (TPSA) is 38.3 Å². The van der Waals surface area contributed by atoms with E-state index in [2.05, 4.69) is 19.2 Å². The van der Waals surface area contributed by atoms with Gasteiger partial charge in [0.1, 0.15) is 0 Å². The minimum Gasteiger partial charge on any atom is -0.465 e. The molecule has 0 bridgehead atoms. The number of hydrogen-bond acceptors (Lipinski definition) is 3. The van der Waals surface area contributed by atoms with Gasteiger partial charge in [0.15, 0.2) is 0 Å². The molecule has 0 aliphatic carbocycles. The van der Waals surface area contributed by atoms with E-state index in [0.29, 0.717) is 13.2 Å². The van der Waals surface area contributed by atoms with Crippen molar-refractivity contribution in [2.45, 2.75) is 26.2 Å². The fourth-order valence-electron chi connectivity index (χ4n) is 1.69. The molecule has 0 saturated carbocycles. The Hall–Kier alpha value is -1.06. The summed E-state index contributed by atoms with van der Waals surface area (Å²) in [6, 6.07) is 7.77. The van der Waals surface area contributed by atoms with Crippen LogP contribution >= 0.6 is 11.6 Å². The van der Waals surface area contributed by atoms with Crippen molar-refractivity contribution in [3.05, 3.63) is 34.9 Å². The summed E-state index contributed by atoms with van der Waals surface area (Å²) in [4.78, 5) is 11.2. The lowest BCUT2D eigenvalue weighted by atomic mass is 9.84. The SMILES string of the molecule is CCOC(=O)CNCC(C)(C)c1ccc(Cl)cc1. The van der Waals surface area contributed by atoms with Crippen LogP contribution in [0, 0.1) is 0 Å². The lowest BCUT2D eigenvalue weighted by molar-refractivity contribution is -0.142. The molecule has 0 radical (unpaired) electrons. The van der Waals surface area contributed by atoms with Crippen LogP contribution in [0.3, 0.4) is 0 Å². The second kappa shape index (κ2) is 6.76. The van der Waals surface area contributed by atoms with Crippen molar-refractivity contribution < 1.29 is 9.53 Å². The third kappa shape index (κ3) is 4.67. The van der Waals surface area contributed by atoms with Gasteiger partial charge < -0.3 is 10.1 Å². The van der Waals surface area contributed by atoms with Crippen LogP contribution in [0.1, 0.15) is 26.3 Å². The molecule has 0 saturated heterocycles. The van der Waals surface area contributed by atoms with Crippen LogP contribution in [0.5, 0.6) is 0 Å². The van der Waals surface area contributed by atoms with Crippen LogP contribution in [0.2, 0.25) is 5.02 Å². The Balaban J connectivity index is 2.49. The number of esters is 1. The monoisotopic (exact) mass is 269 g/mol. The van der Waals surface area contributed by atoms with E-state index in [1.807, 2.05) is 24.3 Å². The Bertz CT molecular complexity index is 387. The van der Waals surface area contributed by atoms with Crippen molar-refractivity contribution in [1.82, 2.24) is 5.32 Å². The molecule has 0 aliphatic heterocycles. The highest BCUT2D eigenvalue weighted by Gasteiger charge is 2.20. The summed E-state index contributed by atoms with van der Waals surface area (Å²) in [5, 5.41) is 3.85. The Kier molecular flexibility index (Phi) is 5.63. The van der Waals surface area contributed by atoms with Crippen molar-refractivity contribution in [2.24, 2.45) is 0 Å². The largest absolute Gasteiger partial charge is 0.465 e. The van der Waals surface area contributed by atoms with Crippen molar-refractivity contribution in [3.8, 4) is 0 Å². The van der Waals surface area contributed by atoms with Gasteiger partial charge in [-0.3, -0.25) is 4.79 Å². The molecule has 0 unspecified atom stereocenters. The van der Waals surface area contributed by atoms with E-state index in [1.165, 1.54) is 5.56 Å². The summed E-state index contributed by atoms with van der Waals surface area (Å²) in [6.07, 6.45) is 0. The summed E-state index contributed by atoms with van der Waals surface area (Å²) < 4.78 is 4.86. The van der Waals surface area contributed by atoms with Crippen LogP contribution in [0.4, 0.5) is 0 Å². The highest BCUT2D eigenvalue weighted by molar-refractivity contribution is 6.30. The van der Waals surface area contributed by atoms with Gasteiger partial charge in [0.25, 0.3) is 0 Å². The first-order valence-corrected chi connectivity index (χ1v) is 6.46. The molecule has 1 rings (SSSR count). The molecule has 100 valence electrons. The van der Waals surface area contributed by atoms with Crippen LogP contribution in [0.25, 0.3) is 0 Å². The van der Waals surface area contributed by atoms with E-state index in [1.54, 1.807) is 6.92 Å². The highest BCUT2D eigenvalue weighted by Crippen LogP contribution is 2.23. The number of nitrogens with one attached hydrogen (secondary N) is 1. The Morgan fingerprint density at radius 1 is 1.33 bits per heavy atom. The van der Waals surface area contributed by atoms with Crippen LogP contribution in [-0.4, -0.2) is 25.7 Å². The molecule has 0 aliphatic rings. The van der Waals surface area contributed by atoms with E-state index < -0.39 is 0 Å². The van der Waals surface area contributed by atoms with Gasteiger partial charge in [-0.15, -0.1) is 0 Å². The van der Waals surface area contributed by atoms with Crippen molar-refractivity contribution >= 4 is 17.6 Å². The lowest BCUT2D eigenvalue weighted by Crippen LogP contribution is -2.36. The second-order valence-electron chi connectivity index (χ2n) is 4.80. The van der Waals surface area contributed by atoms with E-state index >= 15 is 0 Å². The van der Waals surface area contributed by atoms with Crippen LogP contribution < -0.4 is 5.32 Å². The average Bonchev–Trinajstić information content (AvgIpc) is 2.29. The van der Waals surface area contributed by atoms with Gasteiger partial charge in [-0.25, -0.2) is 0 Å². The molecule has 0 spiro atoms. The first-order chi connectivity index (χ1) is 8.45. The molecule has 0 fully saturated rings. The normalized spacial score (nSPS) is 11.3. The maximum Gasteiger partial charge on any atom is 0.319 e. The zero-order chi connectivity index (χ0) is 13.6. The van der Waals surface area contributed by atoms with Crippen molar-refractivity contribution in [3.63, 3.8) is 0 Å². The molecule has 1 aromatic carbocycles. The first kappa shape index (κ1) is 15.0. The molecule has 3 nitrogen and oxygen atoms in total. The van der Waals surface area contributed by atoms with Crippen molar-refractivity contribution in [1.29, 1.82) is 0 Å². The summed E-state index contributed by atoms with van der Waals surface area (Å²) in [6.45, 7) is 7.40.